The summed E-state index contributed by atoms with van der Waals surface area (Å²) >= 11 is 0. The van der Waals surface area contributed by atoms with Gasteiger partial charge in [-0.2, -0.15) is 0 Å². The highest BCUT2D eigenvalue weighted by Gasteiger charge is 2.21. The van der Waals surface area contributed by atoms with E-state index < -0.39 is 5.54 Å². The molecule has 4 rings (SSSR count). The number of aliphatic hydroxyl groups excluding tert-OH is 2. The molecule has 0 aliphatic carbocycles. The summed E-state index contributed by atoms with van der Waals surface area (Å²) in [5.74, 6) is 0. The molecule has 26 heavy (non-hydrogen) atoms. The van der Waals surface area contributed by atoms with Crippen molar-refractivity contribution in [2.24, 2.45) is 7.05 Å². The zero-order valence-electron chi connectivity index (χ0n) is 15.2. The number of fused-ring (bicyclic) bond motifs is 5. The Morgan fingerprint density at radius 1 is 0.923 bits per heavy atom. The van der Waals surface area contributed by atoms with E-state index in [2.05, 4.69) is 71.5 Å². The number of hydrogen-bond donors (Lipinski definition) is 3. The number of aryl methyl sites for hydroxylation is 1. The summed E-state index contributed by atoms with van der Waals surface area (Å²) in [6.07, 6.45) is 0. The number of rotatable bonds is 5. The van der Waals surface area contributed by atoms with Crippen LogP contribution in [0.15, 0.2) is 54.6 Å². The molecule has 4 aromatic rings. The van der Waals surface area contributed by atoms with Crippen LogP contribution in [0.2, 0.25) is 0 Å². The topological polar surface area (TPSA) is 57.4 Å². The number of hydrogen-bond acceptors (Lipinski definition) is 3. The molecule has 3 N–H and O–H groups in total. The molecule has 0 aliphatic heterocycles. The number of benzene rings is 3. The van der Waals surface area contributed by atoms with Crippen molar-refractivity contribution in [2.75, 3.05) is 13.2 Å². The van der Waals surface area contributed by atoms with Crippen LogP contribution in [0.1, 0.15) is 12.5 Å². The van der Waals surface area contributed by atoms with Gasteiger partial charge in [0.15, 0.2) is 0 Å². The Bertz CT molecular complexity index is 1090. The second-order valence-electron chi connectivity index (χ2n) is 7.32. The van der Waals surface area contributed by atoms with E-state index in [1.165, 1.54) is 32.6 Å². The number of aromatic nitrogens is 1. The average molecular weight is 348 g/mol. The van der Waals surface area contributed by atoms with Crippen molar-refractivity contribution in [3.63, 3.8) is 0 Å². The Balaban J connectivity index is 1.83. The molecule has 0 aliphatic rings. The van der Waals surface area contributed by atoms with E-state index in [-0.39, 0.29) is 13.2 Å². The number of aliphatic hydroxyl groups is 2. The minimum atomic E-state index is -0.677. The van der Waals surface area contributed by atoms with Crippen LogP contribution in [-0.4, -0.2) is 33.5 Å². The number of nitrogens with one attached hydrogen (secondary N) is 1. The molecule has 1 heterocycles. The maximum Gasteiger partial charge on any atom is 0.0633 e. The van der Waals surface area contributed by atoms with Gasteiger partial charge in [0, 0.05) is 35.4 Å². The third kappa shape index (κ3) is 2.67. The van der Waals surface area contributed by atoms with Crippen molar-refractivity contribution in [3.05, 3.63) is 60.2 Å². The van der Waals surface area contributed by atoms with Gasteiger partial charge in [0.25, 0.3) is 0 Å². The average Bonchev–Trinajstić information content (AvgIpc) is 2.98. The van der Waals surface area contributed by atoms with Crippen molar-refractivity contribution < 1.29 is 10.2 Å². The van der Waals surface area contributed by atoms with Crippen LogP contribution in [0.5, 0.6) is 0 Å². The first-order valence-electron chi connectivity index (χ1n) is 8.92. The lowest BCUT2D eigenvalue weighted by molar-refractivity contribution is 0.103. The van der Waals surface area contributed by atoms with Crippen LogP contribution >= 0.6 is 0 Å². The zero-order valence-corrected chi connectivity index (χ0v) is 15.2. The molecule has 0 unspecified atom stereocenters. The van der Waals surface area contributed by atoms with Gasteiger partial charge in [-0.25, -0.2) is 0 Å². The van der Waals surface area contributed by atoms with Gasteiger partial charge < -0.3 is 20.1 Å². The van der Waals surface area contributed by atoms with Crippen LogP contribution in [0.3, 0.4) is 0 Å². The first kappa shape index (κ1) is 17.0. The molecule has 134 valence electrons. The fraction of sp³-hybridized carbons (Fsp3) is 0.273. The van der Waals surface area contributed by atoms with Gasteiger partial charge in [-0.1, -0.05) is 42.5 Å². The highest BCUT2D eigenvalue weighted by molar-refractivity contribution is 6.20. The summed E-state index contributed by atoms with van der Waals surface area (Å²) in [5.41, 5.74) is 2.86. The van der Waals surface area contributed by atoms with Crippen molar-refractivity contribution in [1.82, 2.24) is 9.88 Å². The zero-order chi connectivity index (χ0) is 18.3. The lowest BCUT2D eigenvalue weighted by Gasteiger charge is -2.26. The Labute approximate surface area is 152 Å². The molecule has 0 atom stereocenters. The van der Waals surface area contributed by atoms with Gasteiger partial charge in [0.1, 0.15) is 0 Å². The van der Waals surface area contributed by atoms with E-state index in [1.54, 1.807) is 0 Å². The first-order chi connectivity index (χ1) is 12.6. The molecule has 0 spiro atoms. The van der Waals surface area contributed by atoms with Crippen molar-refractivity contribution in [3.8, 4) is 0 Å². The quantitative estimate of drug-likeness (QED) is 0.519. The highest BCUT2D eigenvalue weighted by atomic mass is 16.3. The molecule has 0 bridgehead atoms. The smallest absolute Gasteiger partial charge is 0.0633 e. The van der Waals surface area contributed by atoms with Crippen LogP contribution in [0.4, 0.5) is 0 Å². The van der Waals surface area contributed by atoms with Gasteiger partial charge in [-0.05, 0) is 35.4 Å². The van der Waals surface area contributed by atoms with E-state index in [0.717, 1.165) is 5.56 Å². The van der Waals surface area contributed by atoms with Crippen LogP contribution in [0.25, 0.3) is 32.6 Å². The van der Waals surface area contributed by atoms with Crippen LogP contribution in [-0.2, 0) is 13.6 Å². The molecule has 4 nitrogen and oxygen atoms in total. The largest absolute Gasteiger partial charge is 0.394 e. The number of nitrogens with zero attached hydrogens (tertiary/aromatic N) is 1. The van der Waals surface area contributed by atoms with Gasteiger partial charge >= 0.3 is 0 Å². The fourth-order valence-corrected chi connectivity index (χ4v) is 3.61. The van der Waals surface area contributed by atoms with Crippen molar-refractivity contribution >= 4 is 32.6 Å². The van der Waals surface area contributed by atoms with Gasteiger partial charge in [-0.15, -0.1) is 0 Å². The van der Waals surface area contributed by atoms with Crippen LogP contribution in [0, 0.1) is 0 Å². The molecule has 0 amide bonds. The minimum Gasteiger partial charge on any atom is -0.394 e. The molecule has 1 aromatic heterocycles. The Morgan fingerprint density at radius 2 is 1.69 bits per heavy atom. The lowest BCUT2D eigenvalue weighted by Crippen LogP contribution is -2.48. The van der Waals surface area contributed by atoms with E-state index in [9.17, 15) is 10.2 Å². The van der Waals surface area contributed by atoms with Crippen molar-refractivity contribution in [2.45, 2.75) is 19.0 Å². The van der Waals surface area contributed by atoms with E-state index >= 15 is 0 Å². The predicted octanol–water partition coefficient (Wildman–Crippen LogP) is 3.32. The molecule has 3 aromatic carbocycles. The van der Waals surface area contributed by atoms with Crippen LogP contribution < -0.4 is 5.32 Å². The standard InChI is InChI=1S/C22H24N2O2/c1-22(13-25,14-26)23-12-15-7-9-18-20(11-15)24(2)19-10-8-16-5-3-4-6-17(16)21(18)19/h3-11,23,25-26H,12-14H2,1-2H3. The molecular formula is C22H24N2O2. The van der Waals surface area contributed by atoms with E-state index in [4.69, 9.17) is 0 Å². The third-order valence-corrected chi connectivity index (χ3v) is 5.38. The van der Waals surface area contributed by atoms with Crippen molar-refractivity contribution in [1.29, 1.82) is 0 Å². The summed E-state index contributed by atoms with van der Waals surface area (Å²) in [6.45, 7) is 2.20. The highest BCUT2D eigenvalue weighted by Crippen LogP contribution is 2.34. The molecule has 0 saturated heterocycles. The van der Waals surface area contributed by atoms with Gasteiger partial charge in [0.05, 0.1) is 18.8 Å². The molecule has 0 radical (unpaired) electrons. The Morgan fingerprint density at radius 3 is 2.46 bits per heavy atom. The second-order valence-corrected chi connectivity index (χ2v) is 7.32. The summed E-state index contributed by atoms with van der Waals surface area (Å²) in [6, 6.07) is 19.3. The summed E-state index contributed by atoms with van der Waals surface area (Å²) in [7, 11) is 2.10. The normalized spacial score (nSPS) is 12.5. The summed E-state index contributed by atoms with van der Waals surface area (Å²) in [4.78, 5) is 0. The minimum absolute atomic E-state index is 0.105. The monoisotopic (exact) mass is 348 g/mol. The Kier molecular flexibility index (Phi) is 4.19. The molecule has 4 heteroatoms. The molecule has 0 saturated carbocycles. The molecular weight excluding hydrogens is 324 g/mol. The molecule has 0 fully saturated rings. The van der Waals surface area contributed by atoms with E-state index in [1.807, 2.05) is 6.92 Å². The van der Waals surface area contributed by atoms with E-state index in [0.29, 0.717) is 6.54 Å². The SMILES string of the molecule is Cn1c2cc(CNC(C)(CO)CO)ccc2c2c3ccccc3ccc21. The Hall–Kier alpha value is -2.40. The maximum absolute atomic E-state index is 9.45. The third-order valence-electron chi connectivity index (χ3n) is 5.38. The lowest BCUT2D eigenvalue weighted by atomic mass is 10.0. The first-order valence-corrected chi connectivity index (χ1v) is 8.92. The van der Waals surface area contributed by atoms with Gasteiger partial charge in [0.2, 0.25) is 0 Å². The predicted molar refractivity (Wildman–Crippen MR) is 107 cm³/mol. The summed E-state index contributed by atoms with van der Waals surface area (Å²) in [5, 5.41) is 27.2. The second kappa shape index (κ2) is 6.40. The fourth-order valence-electron chi connectivity index (χ4n) is 3.61. The summed E-state index contributed by atoms with van der Waals surface area (Å²) < 4.78 is 2.23. The van der Waals surface area contributed by atoms with Gasteiger partial charge in [-0.3, -0.25) is 0 Å². The maximum atomic E-state index is 9.45.